The smallest absolute Gasteiger partial charge is 0.0543 e. The summed E-state index contributed by atoms with van der Waals surface area (Å²) < 4.78 is 0. The zero-order valence-corrected chi connectivity index (χ0v) is 34.2. The van der Waals surface area contributed by atoms with Crippen LogP contribution in [0.2, 0.25) is 0 Å². The van der Waals surface area contributed by atoms with Crippen molar-refractivity contribution in [2.45, 2.75) is 57.8 Å². The fraction of sp³-hybridized carbons (Fsp3) is 0.158. The Morgan fingerprint density at radius 1 is 0.293 bits per heavy atom. The summed E-state index contributed by atoms with van der Waals surface area (Å²) in [5, 5.41) is 0. The van der Waals surface area contributed by atoms with Crippen molar-refractivity contribution in [2.75, 3.05) is 4.90 Å². The summed E-state index contributed by atoms with van der Waals surface area (Å²) in [7, 11) is 0. The number of fused-ring (bicyclic) bond motifs is 9. The van der Waals surface area contributed by atoms with Crippen LogP contribution in [0.5, 0.6) is 0 Å². The molecule has 0 atom stereocenters. The average molecular weight is 746 g/mol. The number of hydrogen-bond acceptors (Lipinski definition) is 1. The molecule has 0 saturated heterocycles. The third-order valence-corrected chi connectivity index (χ3v) is 13.9. The Bertz CT molecular complexity index is 2990. The van der Waals surface area contributed by atoms with E-state index < -0.39 is 0 Å². The lowest BCUT2D eigenvalue weighted by Crippen LogP contribution is -2.16. The third-order valence-electron chi connectivity index (χ3n) is 13.9. The van der Waals surface area contributed by atoms with Crippen molar-refractivity contribution in [3.63, 3.8) is 0 Å². The van der Waals surface area contributed by atoms with E-state index in [-0.39, 0.29) is 16.2 Å². The van der Waals surface area contributed by atoms with Crippen LogP contribution in [0.4, 0.5) is 17.1 Å². The minimum Gasteiger partial charge on any atom is -0.309 e. The molecule has 11 rings (SSSR count). The molecule has 3 aliphatic rings. The number of rotatable bonds is 5. The quantitative estimate of drug-likeness (QED) is 0.170. The lowest BCUT2D eigenvalue weighted by molar-refractivity contribution is 0.660. The molecule has 8 aromatic rings. The highest BCUT2D eigenvalue weighted by Crippen LogP contribution is 2.57. The van der Waals surface area contributed by atoms with Crippen LogP contribution < -0.4 is 4.90 Å². The van der Waals surface area contributed by atoms with E-state index >= 15 is 0 Å². The van der Waals surface area contributed by atoms with Crippen molar-refractivity contribution in [1.82, 2.24) is 0 Å². The van der Waals surface area contributed by atoms with Gasteiger partial charge in [0.25, 0.3) is 0 Å². The first-order valence-corrected chi connectivity index (χ1v) is 20.8. The summed E-state index contributed by atoms with van der Waals surface area (Å²) in [5.74, 6) is 0. The standard InChI is InChI=1S/C57H47N/c1-55(2)46-26-12-8-22-43(46)53-42(24-16-28-48(53)55)41-21-10-14-30-51(41)58(52-31-17-29-49-54(52)44-23-9-13-27-47(44)56(49,3)4)38-19-15-18-36(34-38)37-32-33-40-39-20-7-11-25-45(39)57(5,6)50(40)35-37/h7-35H,1-6H3. The van der Waals surface area contributed by atoms with Crippen LogP contribution in [0.1, 0.15) is 74.9 Å². The summed E-state index contributed by atoms with van der Waals surface area (Å²) >= 11 is 0. The molecule has 0 fully saturated rings. The average Bonchev–Trinajstić information content (AvgIpc) is 3.74. The summed E-state index contributed by atoms with van der Waals surface area (Å²) in [6, 6.07) is 66.2. The topological polar surface area (TPSA) is 3.24 Å². The molecule has 58 heavy (non-hydrogen) atoms. The van der Waals surface area contributed by atoms with Gasteiger partial charge in [-0.15, -0.1) is 0 Å². The molecule has 0 heterocycles. The van der Waals surface area contributed by atoms with Gasteiger partial charge in [-0.25, -0.2) is 0 Å². The Balaban J connectivity index is 1.15. The van der Waals surface area contributed by atoms with Crippen LogP contribution in [0.3, 0.4) is 0 Å². The van der Waals surface area contributed by atoms with E-state index in [1.165, 1.54) is 94.7 Å². The van der Waals surface area contributed by atoms with Crippen molar-refractivity contribution >= 4 is 17.1 Å². The monoisotopic (exact) mass is 745 g/mol. The van der Waals surface area contributed by atoms with Crippen molar-refractivity contribution < 1.29 is 0 Å². The molecule has 0 saturated carbocycles. The van der Waals surface area contributed by atoms with Crippen LogP contribution in [-0.4, -0.2) is 0 Å². The number of anilines is 3. The SMILES string of the molecule is CC1(C)c2ccccc2-c2ccc(-c3cccc(N(c4ccccc4-c4cccc5c4-c4ccccc4C5(C)C)c4cccc5c4-c4ccccc4C5(C)C)c3)cc21. The van der Waals surface area contributed by atoms with Gasteiger partial charge >= 0.3 is 0 Å². The third kappa shape index (κ3) is 4.77. The predicted octanol–water partition coefficient (Wildman–Crippen LogP) is 15.4. The second-order valence-electron chi connectivity index (χ2n) is 18.1. The van der Waals surface area contributed by atoms with Gasteiger partial charge in [-0.05, 0) is 108 Å². The van der Waals surface area contributed by atoms with Crippen LogP contribution in [0.25, 0.3) is 55.6 Å². The molecule has 3 aliphatic carbocycles. The maximum absolute atomic E-state index is 2.55. The number of nitrogens with zero attached hydrogens (tertiary/aromatic N) is 1. The van der Waals surface area contributed by atoms with E-state index in [0.29, 0.717) is 0 Å². The van der Waals surface area contributed by atoms with E-state index in [2.05, 4.69) is 222 Å². The van der Waals surface area contributed by atoms with Crippen LogP contribution in [-0.2, 0) is 16.2 Å². The van der Waals surface area contributed by atoms with Gasteiger partial charge in [0, 0.05) is 33.1 Å². The molecule has 0 unspecified atom stereocenters. The Labute approximate surface area is 343 Å². The molecule has 0 aromatic heterocycles. The number of benzene rings is 8. The molecule has 0 spiro atoms. The fourth-order valence-electron chi connectivity index (χ4n) is 10.9. The zero-order valence-electron chi connectivity index (χ0n) is 34.2. The lowest BCUT2D eigenvalue weighted by atomic mass is 9.81. The highest BCUT2D eigenvalue weighted by atomic mass is 15.1. The van der Waals surface area contributed by atoms with Crippen molar-refractivity contribution in [2.24, 2.45) is 0 Å². The molecule has 8 aromatic carbocycles. The van der Waals surface area contributed by atoms with Crippen LogP contribution in [0, 0.1) is 0 Å². The predicted molar refractivity (Wildman–Crippen MR) is 245 cm³/mol. The highest BCUT2D eigenvalue weighted by molar-refractivity contribution is 6.01. The molecule has 0 N–H and O–H groups in total. The summed E-state index contributed by atoms with van der Waals surface area (Å²) in [6.07, 6.45) is 0. The van der Waals surface area contributed by atoms with E-state index in [4.69, 9.17) is 0 Å². The molecule has 1 heteroatoms. The Kier molecular flexibility index (Phi) is 7.36. The first-order chi connectivity index (χ1) is 28.1. The maximum atomic E-state index is 2.55. The van der Waals surface area contributed by atoms with Crippen LogP contribution >= 0.6 is 0 Å². The van der Waals surface area contributed by atoms with Gasteiger partial charge in [0.05, 0.1) is 11.4 Å². The van der Waals surface area contributed by atoms with E-state index in [1.807, 2.05) is 0 Å². The van der Waals surface area contributed by atoms with Crippen molar-refractivity contribution in [1.29, 1.82) is 0 Å². The summed E-state index contributed by atoms with van der Waals surface area (Å²) in [6.45, 7) is 14.2. The number of hydrogen-bond donors (Lipinski definition) is 0. The van der Waals surface area contributed by atoms with E-state index in [1.54, 1.807) is 0 Å². The normalized spacial score (nSPS) is 15.5. The molecule has 0 bridgehead atoms. The second-order valence-corrected chi connectivity index (χ2v) is 18.1. The van der Waals surface area contributed by atoms with Gasteiger partial charge in [-0.3, -0.25) is 0 Å². The van der Waals surface area contributed by atoms with Gasteiger partial charge in [0.15, 0.2) is 0 Å². The fourth-order valence-corrected chi connectivity index (χ4v) is 10.9. The van der Waals surface area contributed by atoms with E-state index in [9.17, 15) is 0 Å². The first kappa shape index (κ1) is 34.8. The van der Waals surface area contributed by atoms with Crippen molar-refractivity contribution in [3.8, 4) is 55.6 Å². The van der Waals surface area contributed by atoms with Gasteiger partial charge in [0.1, 0.15) is 0 Å². The summed E-state index contributed by atoms with van der Waals surface area (Å²) in [5.41, 5.74) is 24.4. The highest BCUT2D eigenvalue weighted by Gasteiger charge is 2.40. The molecular weight excluding hydrogens is 699 g/mol. The Hall–Kier alpha value is -6.44. The second kappa shape index (κ2) is 12.3. The molecule has 0 aliphatic heterocycles. The molecule has 1 nitrogen and oxygen atoms in total. The molecule has 0 radical (unpaired) electrons. The number of para-hydroxylation sites is 1. The van der Waals surface area contributed by atoms with Crippen molar-refractivity contribution in [3.05, 3.63) is 209 Å². The van der Waals surface area contributed by atoms with E-state index in [0.717, 1.165) is 11.4 Å². The van der Waals surface area contributed by atoms with Gasteiger partial charge in [0.2, 0.25) is 0 Å². The van der Waals surface area contributed by atoms with Gasteiger partial charge in [-0.2, -0.15) is 0 Å². The van der Waals surface area contributed by atoms with Crippen LogP contribution in [0.15, 0.2) is 176 Å². The molecule has 280 valence electrons. The summed E-state index contributed by atoms with van der Waals surface area (Å²) in [4.78, 5) is 2.55. The largest absolute Gasteiger partial charge is 0.309 e. The molecule has 0 amide bonds. The Morgan fingerprint density at radius 3 is 1.45 bits per heavy atom. The first-order valence-electron chi connectivity index (χ1n) is 20.8. The lowest BCUT2D eigenvalue weighted by Gasteiger charge is -2.31. The zero-order chi connectivity index (χ0) is 39.6. The van der Waals surface area contributed by atoms with Gasteiger partial charge in [-0.1, -0.05) is 187 Å². The molecular formula is C57H47N. The maximum Gasteiger partial charge on any atom is 0.0543 e. The minimum atomic E-state index is -0.126. The van der Waals surface area contributed by atoms with Gasteiger partial charge < -0.3 is 4.90 Å². The Morgan fingerprint density at radius 2 is 0.741 bits per heavy atom. The minimum absolute atomic E-state index is 0.0710.